The molecular weight excluding hydrogens is 534 g/mol. The highest BCUT2D eigenvalue weighted by Crippen LogP contribution is 2.41. The molecule has 2 amide bonds. The molecule has 0 atom stereocenters. The molecule has 2 heterocycles. The van der Waals surface area contributed by atoms with Crippen molar-refractivity contribution in [1.82, 2.24) is 15.1 Å². The minimum absolute atomic E-state index is 0.0148. The van der Waals surface area contributed by atoms with Crippen molar-refractivity contribution in [3.8, 4) is 11.5 Å². The van der Waals surface area contributed by atoms with Crippen molar-refractivity contribution in [3.05, 3.63) is 52.1 Å². The molecule has 10 nitrogen and oxygen atoms in total. The number of amidine groups is 1. The minimum Gasteiger partial charge on any atom is -0.494 e. The Morgan fingerprint density at radius 1 is 1.02 bits per heavy atom. The predicted molar refractivity (Wildman–Crippen MR) is 163 cm³/mol. The number of Topliss-reactive ketones (excluding diaryl/α,β-unsaturated/α-hetero) is 1. The fraction of sp³-hybridized carbons (Fsp3) is 0.500. The minimum atomic E-state index is -0.293. The summed E-state index contributed by atoms with van der Waals surface area (Å²) < 4.78 is 11.6. The van der Waals surface area contributed by atoms with E-state index < -0.39 is 0 Å². The van der Waals surface area contributed by atoms with Gasteiger partial charge in [-0.1, -0.05) is 27.7 Å². The van der Waals surface area contributed by atoms with Crippen molar-refractivity contribution in [2.45, 2.75) is 53.0 Å². The average Bonchev–Trinajstić information content (AvgIpc) is 3.28. The fourth-order valence-corrected chi connectivity index (χ4v) is 5.62. The van der Waals surface area contributed by atoms with E-state index in [1.54, 1.807) is 31.2 Å². The first-order valence-electron chi connectivity index (χ1n) is 14.6. The van der Waals surface area contributed by atoms with Gasteiger partial charge in [0.05, 0.1) is 31.5 Å². The van der Waals surface area contributed by atoms with E-state index in [1.165, 1.54) is 0 Å². The maximum absolute atomic E-state index is 13.8. The molecule has 2 aromatic rings. The van der Waals surface area contributed by atoms with Gasteiger partial charge in [-0.05, 0) is 42.2 Å². The van der Waals surface area contributed by atoms with Crippen molar-refractivity contribution in [2.75, 3.05) is 58.4 Å². The third kappa shape index (κ3) is 6.07. The summed E-state index contributed by atoms with van der Waals surface area (Å²) in [6.45, 7) is 13.3. The van der Waals surface area contributed by atoms with Gasteiger partial charge in [0.1, 0.15) is 17.3 Å². The summed E-state index contributed by atoms with van der Waals surface area (Å²) in [6, 6.07) is 7.27. The first-order valence-corrected chi connectivity index (χ1v) is 14.6. The number of anilines is 1. The molecular formula is C32H43N5O5. The van der Waals surface area contributed by atoms with Crippen LogP contribution in [0.3, 0.4) is 0 Å². The van der Waals surface area contributed by atoms with Crippen LogP contribution in [0.2, 0.25) is 0 Å². The smallest absolute Gasteiger partial charge is 0.254 e. The zero-order chi connectivity index (χ0) is 30.8. The molecule has 0 radical (unpaired) electrons. The number of ketones is 1. The van der Waals surface area contributed by atoms with Crippen LogP contribution in [0.1, 0.15) is 78.4 Å². The highest BCUT2D eigenvalue weighted by atomic mass is 16.5. The summed E-state index contributed by atoms with van der Waals surface area (Å²) in [5, 5.41) is 11.5. The number of carbonyl (C=O) groups excluding carboxylic acids is 3. The monoisotopic (exact) mass is 577 g/mol. The van der Waals surface area contributed by atoms with Gasteiger partial charge in [-0.3, -0.25) is 19.8 Å². The van der Waals surface area contributed by atoms with Crippen LogP contribution in [-0.4, -0.2) is 86.7 Å². The van der Waals surface area contributed by atoms with Crippen LogP contribution in [0.4, 0.5) is 5.69 Å². The van der Waals surface area contributed by atoms with Crippen LogP contribution in [0.25, 0.3) is 0 Å². The first kappa shape index (κ1) is 30.9. The van der Waals surface area contributed by atoms with Gasteiger partial charge in [-0.25, -0.2) is 0 Å². The number of methoxy groups -OCH3 is 1. The summed E-state index contributed by atoms with van der Waals surface area (Å²) in [5.74, 6) is 1.15. The number of nitrogens with one attached hydrogen (secondary N) is 2. The van der Waals surface area contributed by atoms with E-state index in [9.17, 15) is 14.4 Å². The summed E-state index contributed by atoms with van der Waals surface area (Å²) in [6.07, 6.45) is 0.483. The van der Waals surface area contributed by atoms with Crippen LogP contribution in [0.15, 0.2) is 24.3 Å². The quantitative estimate of drug-likeness (QED) is 0.435. The Labute approximate surface area is 248 Å². The summed E-state index contributed by atoms with van der Waals surface area (Å²) in [5.41, 5.74) is 3.85. The number of benzene rings is 2. The van der Waals surface area contributed by atoms with E-state index in [4.69, 9.17) is 14.9 Å². The predicted octanol–water partition coefficient (Wildman–Crippen LogP) is 3.83. The van der Waals surface area contributed by atoms with E-state index in [0.29, 0.717) is 68.2 Å². The molecule has 0 spiro atoms. The fourth-order valence-electron chi connectivity index (χ4n) is 5.62. The van der Waals surface area contributed by atoms with Gasteiger partial charge >= 0.3 is 0 Å². The van der Waals surface area contributed by atoms with Crippen molar-refractivity contribution in [2.24, 2.45) is 0 Å². The Bertz CT molecular complexity index is 1390. The van der Waals surface area contributed by atoms with Gasteiger partial charge in [0, 0.05) is 62.9 Å². The maximum Gasteiger partial charge on any atom is 0.254 e. The molecule has 2 aliphatic rings. The Balaban J connectivity index is 1.63. The third-order valence-electron chi connectivity index (χ3n) is 7.92. The molecule has 0 saturated carbocycles. The topological polar surface area (TPSA) is 115 Å². The lowest BCUT2D eigenvalue weighted by atomic mass is 9.84. The molecule has 0 aliphatic carbocycles. The highest BCUT2D eigenvalue weighted by Gasteiger charge is 2.32. The van der Waals surface area contributed by atoms with Crippen LogP contribution < -0.4 is 19.7 Å². The molecule has 2 N–H and O–H groups in total. The molecule has 2 aliphatic heterocycles. The normalized spacial score (nSPS) is 15.0. The standard InChI is InChI=1S/C32H43N5O5/c1-8-28(39)36-12-10-35(11-13-36)25-15-20(14-24(29(25)41-7)32(3,4)5)26(38)19-37-18-21-16-27(42-9-2)23(31(40)34-6)17-22(21)30(37)33/h14-17,33H,8-13,18-19H2,1-7H3,(H,34,40). The Kier molecular flexibility index (Phi) is 9.13. The number of amides is 2. The Morgan fingerprint density at radius 3 is 2.29 bits per heavy atom. The summed E-state index contributed by atoms with van der Waals surface area (Å²) in [7, 11) is 3.21. The second-order valence-corrected chi connectivity index (χ2v) is 11.7. The van der Waals surface area contributed by atoms with Crippen molar-refractivity contribution in [1.29, 1.82) is 5.41 Å². The lowest BCUT2D eigenvalue weighted by Gasteiger charge is -2.38. The van der Waals surface area contributed by atoms with E-state index in [2.05, 4.69) is 31.0 Å². The molecule has 1 saturated heterocycles. The van der Waals surface area contributed by atoms with Gasteiger partial charge in [-0.2, -0.15) is 0 Å². The van der Waals surface area contributed by atoms with E-state index in [1.807, 2.05) is 30.9 Å². The highest BCUT2D eigenvalue weighted by molar-refractivity contribution is 6.08. The molecule has 4 rings (SSSR count). The lowest BCUT2D eigenvalue weighted by molar-refractivity contribution is -0.131. The van der Waals surface area contributed by atoms with Crippen LogP contribution in [-0.2, 0) is 16.8 Å². The lowest BCUT2D eigenvalue weighted by Crippen LogP contribution is -2.48. The van der Waals surface area contributed by atoms with Gasteiger partial charge in [0.25, 0.3) is 5.91 Å². The van der Waals surface area contributed by atoms with E-state index in [-0.39, 0.29) is 35.4 Å². The molecule has 226 valence electrons. The number of rotatable bonds is 9. The number of hydrogen-bond donors (Lipinski definition) is 2. The molecule has 2 aromatic carbocycles. The number of nitrogens with zero attached hydrogens (tertiary/aromatic N) is 3. The van der Waals surface area contributed by atoms with Gasteiger partial charge in [0.15, 0.2) is 5.78 Å². The van der Waals surface area contributed by atoms with Crippen molar-refractivity contribution in [3.63, 3.8) is 0 Å². The molecule has 10 heteroatoms. The third-order valence-corrected chi connectivity index (χ3v) is 7.92. The Morgan fingerprint density at radius 2 is 1.71 bits per heavy atom. The van der Waals surface area contributed by atoms with Crippen molar-refractivity contribution < 1.29 is 23.9 Å². The van der Waals surface area contributed by atoms with Crippen LogP contribution >= 0.6 is 0 Å². The summed E-state index contributed by atoms with van der Waals surface area (Å²) >= 11 is 0. The molecule has 1 fully saturated rings. The zero-order valence-corrected chi connectivity index (χ0v) is 25.8. The van der Waals surface area contributed by atoms with Crippen LogP contribution in [0, 0.1) is 5.41 Å². The SMILES string of the molecule is CCOc1cc2c(cc1C(=O)NC)C(=N)N(CC(=O)c1cc(N3CCN(C(=O)CC)CC3)c(OC)c(C(C)(C)C)c1)C2. The zero-order valence-electron chi connectivity index (χ0n) is 25.8. The number of carbonyl (C=O) groups is 3. The second-order valence-electron chi connectivity index (χ2n) is 11.7. The number of piperazine rings is 1. The largest absolute Gasteiger partial charge is 0.494 e. The summed E-state index contributed by atoms with van der Waals surface area (Å²) in [4.78, 5) is 44.4. The molecule has 0 bridgehead atoms. The maximum atomic E-state index is 13.8. The molecule has 0 unspecified atom stereocenters. The number of ether oxygens (including phenoxy) is 2. The number of hydrogen-bond acceptors (Lipinski definition) is 7. The molecule has 0 aromatic heterocycles. The second kappa shape index (κ2) is 12.4. The van der Waals surface area contributed by atoms with Crippen LogP contribution in [0.5, 0.6) is 11.5 Å². The number of fused-ring (bicyclic) bond motifs is 1. The van der Waals surface area contributed by atoms with E-state index in [0.717, 1.165) is 22.6 Å². The van der Waals surface area contributed by atoms with E-state index >= 15 is 0 Å². The van der Waals surface area contributed by atoms with Gasteiger partial charge < -0.3 is 29.5 Å². The van der Waals surface area contributed by atoms with Gasteiger partial charge in [-0.15, -0.1) is 0 Å². The Hall–Kier alpha value is -4.08. The molecule has 42 heavy (non-hydrogen) atoms. The first-order chi connectivity index (χ1) is 19.9. The average molecular weight is 578 g/mol. The van der Waals surface area contributed by atoms with Crippen molar-refractivity contribution >= 4 is 29.1 Å². The van der Waals surface area contributed by atoms with Gasteiger partial charge in [0.2, 0.25) is 5.91 Å².